The number of aromatic nitrogens is 1. The Bertz CT molecular complexity index is 1010. The highest BCUT2D eigenvalue weighted by molar-refractivity contribution is 6.00. The summed E-state index contributed by atoms with van der Waals surface area (Å²) in [5.41, 5.74) is 2.68. The largest absolute Gasteiger partial charge is 0.508 e. The van der Waals surface area contributed by atoms with E-state index in [1.165, 1.54) is 36.4 Å². The van der Waals surface area contributed by atoms with E-state index in [1.807, 2.05) is 6.92 Å². The molecule has 138 valence electrons. The van der Waals surface area contributed by atoms with Crippen LogP contribution in [-0.2, 0) is 4.74 Å². The number of hydrogen-bond acceptors (Lipinski definition) is 4. The van der Waals surface area contributed by atoms with Gasteiger partial charge in [0.1, 0.15) is 11.6 Å². The lowest BCUT2D eigenvalue weighted by atomic mass is 10.1. The first-order valence-corrected chi connectivity index (χ1v) is 8.31. The maximum absolute atomic E-state index is 13.5. The number of carbonyl (C=O) groups excluding carboxylic acids is 2. The van der Waals surface area contributed by atoms with Gasteiger partial charge in [-0.25, -0.2) is 9.18 Å². The normalized spacial score (nSPS) is 10.6. The van der Waals surface area contributed by atoms with Crippen molar-refractivity contribution in [3.05, 3.63) is 82.9 Å². The number of nitrogens with zero attached hydrogens (tertiary/aromatic N) is 1. The molecule has 0 unspecified atom stereocenters. The van der Waals surface area contributed by atoms with Crippen LogP contribution in [0.1, 0.15) is 32.1 Å². The van der Waals surface area contributed by atoms with Crippen molar-refractivity contribution in [3.63, 3.8) is 0 Å². The van der Waals surface area contributed by atoms with Crippen LogP contribution in [0.3, 0.4) is 0 Å². The second kappa shape index (κ2) is 7.45. The third-order valence-corrected chi connectivity index (χ3v) is 4.24. The minimum absolute atomic E-state index is 0.0346. The third-order valence-electron chi connectivity index (χ3n) is 4.24. The number of Topliss-reactive ketones (excluding diaryl/α,β-unsaturated/α-hetero) is 1. The SMILES string of the molecule is Cc1cc(C(=O)COC(=O)c2ccc(O)cc2)c(C)n1-c1cccc(F)c1. The number of esters is 1. The van der Waals surface area contributed by atoms with Gasteiger partial charge in [-0.15, -0.1) is 0 Å². The summed E-state index contributed by atoms with van der Waals surface area (Å²) in [6.45, 7) is 3.16. The Kier molecular flexibility index (Phi) is 5.07. The van der Waals surface area contributed by atoms with Gasteiger partial charge in [0.2, 0.25) is 5.78 Å². The first kappa shape index (κ1) is 18.4. The maximum Gasteiger partial charge on any atom is 0.338 e. The Morgan fingerprint density at radius 3 is 2.44 bits per heavy atom. The van der Waals surface area contributed by atoms with E-state index in [2.05, 4.69) is 0 Å². The highest BCUT2D eigenvalue weighted by Crippen LogP contribution is 2.22. The Hall–Kier alpha value is -3.41. The lowest BCUT2D eigenvalue weighted by Gasteiger charge is -2.10. The summed E-state index contributed by atoms with van der Waals surface area (Å²) in [7, 11) is 0. The third kappa shape index (κ3) is 3.89. The van der Waals surface area contributed by atoms with E-state index in [-0.39, 0.29) is 22.9 Å². The molecule has 0 fully saturated rings. The summed E-state index contributed by atoms with van der Waals surface area (Å²) in [6, 6.07) is 13.3. The zero-order valence-corrected chi connectivity index (χ0v) is 14.9. The molecule has 0 atom stereocenters. The average Bonchev–Trinajstić information content (AvgIpc) is 2.94. The van der Waals surface area contributed by atoms with Crippen LogP contribution in [0.2, 0.25) is 0 Å². The molecular weight excluding hydrogens is 349 g/mol. The minimum Gasteiger partial charge on any atom is -0.508 e. The number of halogens is 1. The van der Waals surface area contributed by atoms with E-state index in [0.717, 1.165) is 5.69 Å². The number of aromatic hydroxyl groups is 1. The fourth-order valence-corrected chi connectivity index (χ4v) is 2.95. The number of carbonyl (C=O) groups is 2. The molecule has 1 aromatic heterocycles. The summed E-state index contributed by atoms with van der Waals surface area (Å²) < 4.78 is 20.4. The van der Waals surface area contributed by atoms with Crippen molar-refractivity contribution in [2.45, 2.75) is 13.8 Å². The van der Waals surface area contributed by atoms with Gasteiger partial charge >= 0.3 is 5.97 Å². The molecule has 0 saturated heterocycles. The van der Waals surface area contributed by atoms with Crippen LogP contribution in [0.25, 0.3) is 5.69 Å². The molecule has 0 spiro atoms. The molecule has 3 aromatic rings. The minimum atomic E-state index is -0.651. The topological polar surface area (TPSA) is 68.5 Å². The molecule has 0 radical (unpaired) electrons. The number of benzene rings is 2. The zero-order valence-electron chi connectivity index (χ0n) is 14.9. The number of phenols is 1. The second-order valence-electron chi connectivity index (χ2n) is 6.15. The number of hydrogen-bond donors (Lipinski definition) is 1. The summed E-state index contributed by atoms with van der Waals surface area (Å²) in [4.78, 5) is 24.5. The van der Waals surface area contributed by atoms with Crippen LogP contribution in [0.15, 0.2) is 54.6 Å². The summed E-state index contributed by atoms with van der Waals surface area (Å²) in [5, 5.41) is 9.24. The highest BCUT2D eigenvalue weighted by Gasteiger charge is 2.19. The van der Waals surface area contributed by atoms with Gasteiger partial charge in [0.15, 0.2) is 6.61 Å². The van der Waals surface area contributed by atoms with Crippen molar-refractivity contribution >= 4 is 11.8 Å². The molecule has 0 aliphatic rings. The number of ether oxygens (including phenoxy) is 1. The van der Waals surface area contributed by atoms with E-state index in [0.29, 0.717) is 16.9 Å². The van der Waals surface area contributed by atoms with Gasteiger partial charge in [0, 0.05) is 22.6 Å². The van der Waals surface area contributed by atoms with E-state index in [1.54, 1.807) is 29.7 Å². The van der Waals surface area contributed by atoms with Gasteiger partial charge in [0.25, 0.3) is 0 Å². The van der Waals surface area contributed by atoms with Crippen LogP contribution >= 0.6 is 0 Å². The van der Waals surface area contributed by atoms with Crippen molar-refractivity contribution in [1.82, 2.24) is 4.57 Å². The summed E-state index contributed by atoms with van der Waals surface area (Å²) in [5.74, 6) is -1.33. The van der Waals surface area contributed by atoms with Gasteiger partial charge in [-0.2, -0.15) is 0 Å². The number of phenolic OH excluding ortho intramolecular Hbond substituents is 1. The lowest BCUT2D eigenvalue weighted by Crippen LogP contribution is -2.15. The molecular formula is C21H18FNO4. The van der Waals surface area contributed by atoms with Crippen LogP contribution in [0.4, 0.5) is 4.39 Å². The monoisotopic (exact) mass is 367 g/mol. The molecule has 0 aliphatic heterocycles. The van der Waals surface area contributed by atoms with Crippen molar-refractivity contribution in [3.8, 4) is 11.4 Å². The molecule has 6 heteroatoms. The van der Waals surface area contributed by atoms with Crippen LogP contribution < -0.4 is 0 Å². The van der Waals surface area contributed by atoms with Gasteiger partial charge < -0.3 is 14.4 Å². The number of ketones is 1. The second-order valence-corrected chi connectivity index (χ2v) is 6.15. The van der Waals surface area contributed by atoms with Gasteiger partial charge in [-0.05, 0) is 62.4 Å². The summed E-state index contributed by atoms with van der Waals surface area (Å²) in [6.07, 6.45) is 0. The van der Waals surface area contributed by atoms with E-state index in [9.17, 15) is 19.1 Å². The fraction of sp³-hybridized carbons (Fsp3) is 0.143. The van der Waals surface area contributed by atoms with E-state index >= 15 is 0 Å². The van der Waals surface area contributed by atoms with E-state index < -0.39 is 12.6 Å². The molecule has 2 aromatic carbocycles. The molecule has 3 rings (SSSR count). The Balaban J connectivity index is 1.77. The molecule has 0 saturated carbocycles. The number of rotatable bonds is 5. The molecule has 27 heavy (non-hydrogen) atoms. The van der Waals surface area contributed by atoms with Crippen molar-refractivity contribution in [2.24, 2.45) is 0 Å². The Morgan fingerprint density at radius 1 is 1.07 bits per heavy atom. The van der Waals surface area contributed by atoms with Crippen LogP contribution in [0, 0.1) is 19.7 Å². The van der Waals surface area contributed by atoms with Crippen molar-refractivity contribution in [1.29, 1.82) is 0 Å². The number of aryl methyl sites for hydroxylation is 1. The first-order chi connectivity index (χ1) is 12.9. The highest BCUT2D eigenvalue weighted by atomic mass is 19.1. The molecule has 1 heterocycles. The average molecular weight is 367 g/mol. The fourth-order valence-electron chi connectivity index (χ4n) is 2.95. The van der Waals surface area contributed by atoms with Gasteiger partial charge in [0.05, 0.1) is 5.56 Å². The maximum atomic E-state index is 13.5. The quantitative estimate of drug-likeness (QED) is 0.547. The van der Waals surface area contributed by atoms with Crippen LogP contribution in [-0.4, -0.2) is 28.0 Å². The molecule has 0 amide bonds. The van der Waals surface area contributed by atoms with Crippen molar-refractivity contribution < 1.29 is 23.8 Å². The Morgan fingerprint density at radius 2 is 1.78 bits per heavy atom. The van der Waals surface area contributed by atoms with Gasteiger partial charge in [-0.1, -0.05) is 6.07 Å². The molecule has 1 N–H and O–H groups in total. The first-order valence-electron chi connectivity index (χ1n) is 8.31. The molecule has 0 bridgehead atoms. The molecule has 5 nitrogen and oxygen atoms in total. The zero-order chi connectivity index (χ0) is 19.6. The standard InChI is InChI=1S/C21H18FNO4/c1-13-10-19(14(2)23(13)17-5-3-4-16(22)11-17)20(25)12-27-21(26)15-6-8-18(24)9-7-15/h3-11,24H,12H2,1-2H3. The predicted octanol–water partition coefficient (Wildman–Crippen LogP) is 3.98. The van der Waals surface area contributed by atoms with E-state index in [4.69, 9.17) is 4.74 Å². The van der Waals surface area contributed by atoms with Crippen LogP contribution in [0.5, 0.6) is 5.75 Å². The van der Waals surface area contributed by atoms with Crippen molar-refractivity contribution in [2.75, 3.05) is 6.61 Å². The summed E-state index contributed by atoms with van der Waals surface area (Å²) >= 11 is 0. The lowest BCUT2D eigenvalue weighted by molar-refractivity contribution is 0.0474. The smallest absolute Gasteiger partial charge is 0.338 e. The molecule has 0 aliphatic carbocycles. The Labute approximate surface area is 155 Å². The predicted molar refractivity (Wildman–Crippen MR) is 97.9 cm³/mol. The van der Waals surface area contributed by atoms with Gasteiger partial charge in [-0.3, -0.25) is 4.79 Å².